The maximum absolute atomic E-state index is 10.6. The van der Waals surface area contributed by atoms with Gasteiger partial charge in [0.25, 0.3) is 0 Å². The van der Waals surface area contributed by atoms with Crippen molar-refractivity contribution in [3.63, 3.8) is 0 Å². The summed E-state index contributed by atoms with van der Waals surface area (Å²) < 4.78 is 0. The maximum Gasteiger partial charge on any atom is 0.0945 e. The highest BCUT2D eigenvalue weighted by Gasteiger charge is 2.20. The second-order valence-corrected chi connectivity index (χ2v) is 5.52. The first-order valence-corrected chi connectivity index (χ1v) is 7.50. The van der Waals surface area contributed by atoms with Gasteiger partial charge in [0.15, 0.2) is 0 Å². The third kappa shape index (κ3) is 4.13. The zero-order chi connectivity index (χ0) is 15.2. The zero-order valence-corrected chi connectivity index (χ0v) is 13.0. The Bertz CT molecular complexity index is 569. The van der Waals surface area contributed by atoms with Crippen molar-refractivity contribution in [2.75, 3.05) is 0 Å². The number of aliphatic hydroxyl groups is 1. The minimum absolute atomic E-state index is 0.0217. The number of hydrogen-bond acceptors (Lipinski definition) is 3. The lowest BCUT2D eigenvalue weighted by Crippen LogP contribution is -2.34. The van der Waals surface area contributed by atoms with Crippen LogP contribution >= 0.6 is 0 Å². The van der Waals surface area contributed by atoms with Crippen molar-refractivity contribution in [2.45, 2.75) is 45.9 Å². The summed E-state index contributed by atoms with van der Waals surface area (Å²) in [4.78, 5) is 4.30. The van der Waals surface area contributed by atoms with Gasteiger partial charge in [0.05, 0.1) is 11.8 Å². The minimum Gasteiger partial charge on any atom is -0.387 e. The van der Waals surface area contributed by atoms with E-state index in [1.165, 1.54) is 5.56 Å². The van der Waals surface area contributed by atoms with Crippen LogP contribution in [0.25, 0.3) is 0 Å². The summed E-state index contributed by atoms with van der Waals surface area (Å²) in [6.45, 7) is 6.88. The lowest BCUT2D eigenvalue weighted by Gasteiger charge is -2.24. The fourth-order valence-electron chi connectivity index (χ4n) is 2.59. The number of hydrogen-bond donors (Lipinski definition) is 2. The third-order valence-electron chi connectivity index (χ3n) is 3.84. The van der Waals surface area contributed by atoms with Crippen molar-refractivity contribution in [1.29, 1.82) is 0 Å². The number of nitrogens with zero attached hydrogens (tertiary/aromatic N) is 1. The van der Waals surface area contributed by atoms with Gasteiger partial charge in [0.1, 0.15) is 0 Å². The van der Waals surface area contributed by atoms with Crippen LogP contribution in [0.5, 0.6) is 0 Å². The topological polar surface area (TPSA) is 45.2 Å². The molecule has 2 unspecified atom stereocenters. The van der Waals surface area contributed by atoms with Crippen molar-refractivity contribution in [3.05, 3.63) is 65.0 Å². The molecule has 0 bridgehead atoms. The first-order chi connectivity index (χ1) is 10.1. The fraction of sp³-hybridized carbons (Fsp3) is 0.389. The Balaban J connectivity index is 2.06. The number of benzene rings is 1. The highest BCUT2D eigenvalue weighted by molar-refractivity contribution is 5.32. The molecule has 1 aromatic carbocycles. The molecule has 112 valence electrons. The van der Waals surface area contributed by atoms with Crippen molar-refractivity contribution in [2.24, 2.45) is 0 Å². The van der Waals surface area contributed by atoms with E-state index < -0.39 is 6.10 Å². The van der Waals surface area contributed by atoms with Gasteiger partial charge >= 0.3 is 0 Å². The Labute approximate surface area is 127 Å². The molecule has 2 atom stereocenters. The van der Waals surface area contributed by atoms with E-state index in [1.54, 1.807) is 6.20 Å². The molecule has 0 fully saturated rings. The maximum atomic E-state index is 10.6. The van der Waals surface area contributed by atoms with Crippen LogP contribution in [0.4, 0.5) is 0 Å². The van der Waals surface area contributed by atoms with Gasteiger partial charge in [0, 0.05) is 18.8 Å². The Morgan fingerprint density at radius 3 is 2.62 bits per heavy atom. The van der Waals surface area contributed by atoms with Crippen LogP contribution in [0.15, 0.2) is 42.6 Å². The summed E-state index contributed by atoms with van der Waals surface area (Å²) in [6.07, 6.45) is 2.15. The number of aromatic nitrogens is 1. The van der Waals surface area contributed by atoms with Crippen molar-refractivity contribution in [3.8, 4) is 0 Å². The average molecular weight is 284 g/mol. The molecule has 0 aliphatic carbocycles. The standard InChI is InChI=1S/C18H24N2O/c1-4-17(20-12-15-7-5-6-10-19-15)18(21)16-9-8-13(2)11-14(16)3/h5-11,17-18,20-21H,4,12H2,1-3H3. The van der Waals surface area contributed by atoms with Crippen molar-refractivity contribution in [1.82, 2.24) is 10.3 Å². The Morgan fingerprint density at radius 1 is 1.19 bits per heavy atom. The van der Waals surface area contributed by atoms with Gasteiger partial charge in [-0.2, -0.15) is 0 Å². The molecule has 0 saturated heterocycles. The summed E-state index contributed by atoms with van der Waals surface area (Å²) >= 11 is 0. The molecule has 1 heterocycles. The van der Waals surface area contributed by atoms with Crippen molar-refractivity contribution >= 4 is 0 Å². The monoisotopic (exact) mass is 284 g/mol. The molecule has 21 heavy (non-hydrogen) atoms. The third-order valence-corrected chi connectivity index (χ3v) is 3.84. The van der Waals surface area contributed by atoms with Crippen LogP contribution in [0, 0.1) is 13.8 Å². The molecule has 1 aromatic heterocycles. The molecule has 2 N–H and O–H groups in total. The van der Waals surface area contributed by atoms with E-state index in [-0.39, 0.29) is 6.04 Å². The molecular formula is C18H24N2O. The Hall–Kier alpha value is -1.71. The predicted molar refractivity (Wildman–Crippen MR) is 86.0 cm³/mol. The number of pyridine rings is 1. The molecule has 3 heteroatoms. The van der Waals surface area contributed by atoms with Crippen LogP contribution in [-0.4, -0.2) is 16.1 Å². The van der Waals surface area contributed by atoms with Gasteiger partial charge in [-0.15, -0.1) is 0 Å². The Morgan fingerprint density at radius 2 is 2.00 bits per heavy atom. The molecule has 3 nitrogen and oxygen atoms in total. The van der Waals surface area contributed by atoms with Gasteiger partial charge in [-0.3, -0.25) is 4.98 Å². The number of nitrogens with one attached hydrogen (secondary N) is 1. The Kier molecular flexibility index (Phi) is 5.48. The van der Waals surface area contributed by atoms with Crippen LogP contribution in [0.1, 0.15) is 41.8 Å². The van der Waals surface area contributed by atoms with Gasteiger partial charge in [-0.25, -0.2) is 0 Å². The summed E-state index contributed by atoms with van der Waals surface area (Å²) in [7, 11) is 0. The van der Waals surface area contributed by atoms with Crippen LogP contribution < -0.4 is 5.32 Å². The van der Waals surface area contributed by atoms with Crippen LogP contribution in [0.2, 0.25) is 0 Å². The summed E-state index contributed by atoms with van der Waals surface area (Å²) in [5.74, 6) is 0. The summed E-state index contributed by atoms with van der Waals surface area (Å²) in [5, 5.41) is 14.1. The lowest BCUT2D eigenvalue weighted by molar-refractivity contribution is 0.124. The number of aliphatic hydroxyl groups excluding tert-OH is 1. The van der Waals surface area contributed by atoms with E-state index in [2.05, 4.69) is 43.2 Å². The molecule has 0 amide bonds. The molecular weight excluding hydrogens is 260 g/mol. The molecule has 0 saturated carbocycles. The highest BCUT2D eigenvalue weighted by Crippen LogP contribution is 2.23. The van der Waals surface area contributed by atoms with Crippen LogP contribution in [-0.2, 0) is 6.54 Å². The predicted octanol–water partition coefficient (Wildman–Crippen LogP) is 3.30. The van der Waals surface area contributed by atoms with E-state index in [9.17, 15) is 5.11 Å². The van der Waals surface area contributed by atoms with E-state index in [0.29, 0.717) is 6.54 Å². The SMILES string of the molecule is CCC(NCc1ccccn1)C(O)c1ccc(C)cc1C. The van der Waals surface area contributed by atoms with E-state index in [0.717, 1.165) is 23.2 Å². The van der Waals surface area contributed by atoms with Gasteiger partial charge in [0.2, 0.25) is 0 Å². The molecule has 2 aromatic rings. The van der Waals surface area contributed by atoms with Crippen LogP contribution in [0.3, 0.4) is 0 Å². The normalized spacial score (nSPS) is 13.9. The second-order valence-electron chi connectivity index (χ2n) is 5.52. The second kappa shape index (κ2) is 7.34. The van der Waals surface area contributed by atoms with Gasteiger partial charge < -0.3 is 10.4 Å². The first kappa shape index (κ1) is 15.7. The first-order valence-electron chi connectivity index (χ1n) is 7.50. The minimum atomic E-state index is -0.501. The molecule has 2 rings (SSSR count). The lowest BCUT2D eigenvalue weighted by atomic mass is 9.95. The largest absolute Gasteiger partial charge is 0.387 e. The van der Waals surface area contributed by atoms with E-state index in [1.807, 2.05) is 24.3 Å². The quantitative estimate of drug-likeness (QED) is 0.855. The highest BCUT2D eigenvalue weighted by atomic mass is 16.3. The van der Waals surface area contributed by atoms with E-state index >= 15 is 0 Å². The fourth-order valence-corrected chi connectivity index (χ4v) is 2.59. The molecule has 0 aliphatic rings. The smallest absolute Gasteiger partial charge is 0.0945 e. The van der Waals surface area contributed by atoms with Gasteiger partial charge in [-0.1, -0.05) is 36.8 Å². The number of rotatable bonds is 6. The summed E-state index contributed by atoms with van der Waals surface area (Å²) in [5.41, 5.74) is 4.35. The molecule has 0 spiro atoms. The van der Waals surface area contributed by atoms with E-state index in [4.69, 9.17) is 0 Å². The average Bonchev–Trinajstić information content (AvgIpc) is 2.48. The molecule has 0 aliphatic heterocycles. The van der Waals surface area contributed by atoms with Crippen molar-refractivity contribution < 1.29 is 5.11 Å². The number of aryl methyl sites for hydroxylation is 2. The molecule has 0 radical (unpaired) electrons. The summed E-state index contributed by atoms with van der Waals surface area (Å²) in [6, 6.07) is 12.1. The van der Waals surface area contributed by atoms with Gasteiger partial charge in [-0.05, 0) is 43.5 Å². The zero-order valence-electron chi connectivity index (χ0n) is 13.0.